The molecule has 0 spiro atoms. The number of β-amino-alcohol motifs (C(OH)–C–C–N with tert-alkyl or cyclic N) is 1. The molecule has 1 aliphatic carbocycles. The maximum absolute atomic E-state index is 11.1. The Hall–Kier alpha value is -0.610. The quantitative estimate of drug-likeness (QED) is 0.686. The van der Waals surface area contributed by atoms with E-state index < -0.39 is 11.6 Å². The van der Waals surface area contributed by atoms with Crippen LogP contribution in [0.3, 0.4) is 0 Å². The standard InChI is InChI=1S/C10H17NO3/c1-10(14)4-5-11(6-10)8(9(12)13)7-2-3-7/h7-8,14H,2-6H2,1H3,(H,12,13). The highest BCUT2D eigenvalue weighted by Gasteiger charge is 2.44. The lowest BCUT2D eigenvalue weighted by Crippen LogP contribution is -2.43. The summed E-state index contributed by atoms with van der Waals surface area (Å²) in [4.78, 5) is 13.0. The number of likely N-dealkylation sites (tertiary alicyclic amines) is 1. The van der Waals surface area contributed by atoms with Gasteiger partial charge in [-0.2, -0.15) is 0 Å². The monoisotopic (exact) mass is 199 g/mol. The average molecular weight is 199 g/mol. The molecule has 2 unspecified atom stereocenters. The van der Waals surface area contributed by atoms with Crippen molar-refractivity contribution in [2.75, 3.05) is 13.1 Å². The molecule has 4 heteroatoms. The first kappa shape index (κ1) is 9.93. The van der Waals surface area contributed by atoms with Crippen molar-refractivity contribution in [1.29, 1.82) is 0 Å². The number of hydrogen-bond donors (Lipinski definition) is 2. The van der Waals surface area contributed by atoms with Gasteiger partial charge in [-0.3, -0.25) is 9.69 Å². The Morgan fingerprint density at radius 1 is 1.57 bits per heavy atom. The fourth-order valence-electron chi connectivity index (χ4n) is 2.29. The van der Waals surface area contributed by atoms with Crippen LogP contribution in [0.1, 0.15) is 26.2 Å². The van der Waals surface area contributed by atoms with E-state index in [9.17, 15) is 9.90 Å². The zero-order chi connectivity index (χ0) is 10.3. The second kappa shape index (κ2) is 3.21. The van der Waals surface area contributed by atoms with E-state index >= 15 is 0 Å². The van der Waals surface area contributed by atoms with E-state index in [2.05, 4.69) is 0 Å². The topological polar surface area (TPSA) is 60.8 Å². The summed E-state index contributed by atoms with van der Waals surface area (Å²) in [6.07, 6.45) is 2.73. The minimum Gasteiger partial charge on any atom is -0.480 e. The Kier molecular flexibility index (Phi) is 2.27. The lowest BCUT2D eigenvalue weighted by molar-refractivity contribution is -0.144. The molecule has 0 aromatic carbocycles. The SMILES string of the molecule is CC1(O)CCN(C(C(=O)O)C2CC2)C1. The molecule has 2 rings (SSSR count). The van der Waals surface area contributed by atoms with Crippen LogP contribution < -0.4 is 0 Å². The predicted octanol–water partition coefficient (Wildman–Crippen LogP) is 0.306. The van der Waals surface area contributed by atoms with Crippen molar-refractivity contribution in [3.8, 4) is 0 Å². The Morgan fingerprint density at radius 2 is 2.21 bits per heavy atom. The van der Waals surface area contributed by atoms with Crippen LogP contribution in [-0.2, 0) is 4.79 Å². The van der Waals surface area contributed by atoms with Gasteiger partial charge in [0.05, 0.1) is 5.60 Å². The van der Waals surface area contributed by atoms with Gasteiger partial charge in [0.1, 0.15) is 6.04 Å². The van der Waals surface area contributed by atoms with Gasteiger partial charge in [-0.05, 0) is 32.1 Å². The summed E-state index contributed by atoms with van der Waals surface area (Å²) in [6.45, 7) is 2.99. The molecule has 1 heterocycles. The van der Waals surface area contributed by atoms with Gasteiger partial charge in [0.25, 0.3) is 0 Å². The van der Waals surface area contributed by atoms with Crippen LogP contribution in [0.4, 0.5) is 0 Å². The number of nitrogens with zero attached hydrogens (tertiary/aromatic N) is 1. The summed E-state index contributed by atoms with van der Waals surface area (Å²) in [5.74, 6) is -0.411. The molecule has 2 N–H and O–H groups in total. The Bertz CT molecular complexity index is 248. The molecule has 0 bridgehead atoms. The van der Waals surface area contributed by atoms with Crippen LogP contribution in [-0.4, -0.2) is 45.8 Å². The van der Waals surface area contributed by atoms with Gasteiger partial charge in [-0.25, -0.2) is 0 Å². The molecule has 2 aliphatic rings. The fourth-order valence-corrected chi connectivity index (χ4v) is 2.29. The molecule has 1 saturated heterocycles. The molecule has 1 aliphatic heterocycles. The molecule has 80 valence electrons. The molecule has 0 aromatic rings. The van der Waals surface area contributed by atoms with Crippen LogP contribution in [0.2, 0.25) is 0 Å². The van der Waals surface area contributed by atoms with E-state index in [0.717, 1.165) is 12.8 Å². The second-order valence-corrected chi connectivity index (χ2v) is 4.84. The van der Waals surface area contributed by atoms with Gasteiger partial charge in [0.2, 0.25) is 0 Å². The first-order valence-corrected chi connectivity index (χ1v) is 5.19. The van der Waals surface area contributed by atoms with Crippen molar-refractivity contribution in [2.45, 2.75) is 37.8 Å². The molecular formula is C10H17NO3. The largest absolute Gasteiger partial charge is 0.480 e. The highest BCUT2D eigenvalue weighted by atomic mass is 16.4. The van der Waals surface area contributed by atoms with Gasteiger partial charge in [-0.1, -0.05) is 0 Å². The summed E-state index contributed by atoms with van der Waals surface area (Å²) in [5, 5.41) is 18.9. The van der Waals surface area contributed by atoms with Crippen LogP contribution >= 0.6 is 0 Å². The molecule has 2 atom stereocenters. The molecule has 4 nitrogen and oxygen atoms in total. The molecular weight excluding hydrogens is 182 g/mol. The second-order valence-electron chi connectivity index (χ2n) is 4.84. The van der Waals surface area contributed by atoms with Crippen LogP contribution in [0.25, 0.3) is 0 Å². The molecule has 0 aromatic heterocycles. The molecule has 0 amide bonds. The first-order chi connectivity index (χ1) is 6.49. The third kappa shape index (κ3) is 1.91. The average Bonchev–Trinajstić information content (AvgIpc) is 2.78. The Balaban J connectivity index is 2.02. The van der Waals surface area contributed by atoms with E-state index in [1.165, 1.54) is 0 Å². The van der Waals surface area contributed by atoms with Gasteiger partial charge in [0.15, 0.2) is 0 Å². The minimum absolute atomic E-state index is 0.321. The van der Waals surface area contributed by atoms with Gasteiger partial charge in [0, 0.05) is 13.1 Å². The van der Waals surface area contributed by atoms with Gasteiger partial charge < -0.3 is 10.2 Å². The molecule has 1 saturated carbocycles. The third-order valence-corrected chi connectivity index (χ3v) is 3.20. The molecule has 0 radical (unpaired) electrons. The number of aliphatic hydroxyl groups is 1. The van der Waals surface area contributed by atoms with Gasteiger partial charge >= 0.3 is 5.97 Å². The third-order valence-electron chi connectivity index (χ3n) is 3.20. The van der Waals surface area contributed by atoms with E-state index in [4.69, 9.17) is 5.11 Å². The number of carbonyl (C=O) groups is 1. The number of carboxylic acids is 1. The maximum atomic E-state index is 11.1. The fraction of sp³-hybridized carbons (Fsp3) is 0.900. The smallest absolute Gasteiger partial charge is 0.321 e. The zero-order valence-electron chi connectivity index (χ0n) is 8.44. The summed E-state index contributed by atoms with van der Waals surface area (Å²) in [7, 11) is 0. The van der Waals surface area contributed by atoms with Crippen molar-refractivity contribution in [1.82, 2.24) is 4.90 Å². The van der Waals surface area contributed by atoms with Crippen molar-refractivity contribution in [3.05, 3.63) is 0 Å². The molecule has 2 fully saturated rings. The van der Waals surface area contributed by atoms with Crippen LogP contribution in [0, 0.1) is 5.92 Å². The van der Waals surface area contributed by atoms with E-state index in [0.29, 0.717) is 25.4 Å². The van der Waals surface area contributed by atoms with Crippen molar-refractivity contribution in [2.24, 2.45) is 5.92 Å². The van der Waals surface area contributed by atoms with E-state index in [1.54, 1.807) is 6.92 Å². The zero-order valence-corrected chi connectivity index (χ0v) is 8.44. The molecule has 14 heavy (non-hydrogen) atoms. The van der Waals surface area contributed by atoms with Crippen LogP contribution in [0.5, 0.6) is 0 Å². The van der Waals surface area contributed by atoms with Gasteiger partial charge in [-0.15, -0.1) is 0 Å². The summed E-state index contributed by atoms with van der Waals surface area (Å²) >= 11 is 0. The summed E-state index contributed by atoms with van der Waals surface area (Å²) in [6, 6.07) is -0.357. The maximum Gasteiger partial charge on any atom is 0.321 e. The summed E-state index contributed by atoms with van der Waals surface area (Å²) < 4.78 is 0. The number of rotatable bonds is 3. The highest BCUT2D eigenvalue weighted by molar-refractivity contribution is 5.74. The van der Waals surface area contributed by atoms with Crippen molar-refractivity contribution < 1.29 is 15.0 Å². The normalized spacial score (nSPS) is 35.9. The van der Waals surface area contributed by atoms with E-state index in [-0.39, 0.29) is 6.04 Å². The van der Waals surface area contributed by atoms with Crippen LogP contribution in [0.15, 0.2) is 0 Å². The lowest BCUT2D eigenvalue weighted by Gasteiger charge is -2.25. The minimum atomic E-state index is -0.731. The van der Waals surface area contributed by atoms with E-state index in [1.807, 2.05) is 4.90 Å². The number of hydrogen-bond acceptors (Lipinski definition) is 3. The summed E-state index contributed by atoms with van der Waals surface area (Å²) in [5.41, 5.74) is -0.692. The lowest BCUT2D eigenvalue weighted by atomic mass is 10.1. The number of carboxylic acid groups (broad SMARTS) is 1. The highest BCUT2D eigenvalue weighted by Crippen LogP contribution is 2.37. The van der Waals surface area contributed by atoms with Crippen molar-refractivity contribution in [3.63, 3.8) is 0 Å². The Labute approximate surface area is 83.5 Å². The predicted molar refractivity (Wildman–Crippen MR) is 51.0 cm³/mol. The Morgan fingerprint density at radius 3 is 2.57 bits per heavy atom. The first-order valence-electron chi connectivity index (χ1n) is 5.19. The van der Waals surface area contributed by atoms with Crippen molar-refractivity contribution >= 4 is 5.97 Å². The number of aliphatic carboxylic acids is 1.